The van der Waals surface area contributed by atoms with E-state index in [1.807, 2.05) is 36.4 Å². The van der Waals surface area contributed by atoms with Crippen LogP contribution in [0.2, 0.25) is 0 Å². The molecule has 0 spiro atoms. The topological polar surface area (TPSA) is 91.2 Å². The first kappa shape index (κ1) is 23.7. The van der Waals surface area contributed by atoms with Gasteiger partial charge in [-0.15, -0.1) is 0 Å². The molecule has 0 fully saturated rings. The summed E-state index contributed by atoms with van der Waals surface area (Å²) in [4.78, 5) is 24.7. The van der Waals surface area contributed by atoms with Gasteiger partial charge in [0.1, 0.15) is 23.2 Å². The van der Waals surface area contributed by atoms with Crippen LogP contribution in [0.1, 0.15) is 11.1 Å². The zero-order chi connectivity index (χ0) is 23.6. The lowest BCUT2D eigenvalue weighted by atomic mass is 10.1. The van der Waals surface area contributed by atoms with Gasteiger partial charge >= 0.3 is 0 Å². The fraction of sp³-hybridized carbons (Fsp3) is 0.0800. The monoisotopic (exact) mass is 507 g/mol. The van der Waals surface area contributed by atoms with Gasteiger partial charge < -0.3 is 15.4 Å². The van der Waals surface area contributed by atoms with Crippen molar-refractivity contribution in [3.8, 4) is 11.8 Å². The lowest BCUT2D eigenvalue weighted by molar-refractivity contribution is -0.118. The second-order valence-electron chi connectivity index (χ2n) is 6.86. The Kier molecular flexibility index (Phi) is 8.33. The Morgan fingerprint density at radius 1 is 1.06 bits per heavy atom. The van der Waals surface area contributed by atoms with E-state index in [1.54, 1.807) is 18.2 Å². The van der Waals surface area contributed by atoms with Crippen LogP contribution in [0, 0.1) is 17.1 Å². The minimum absolute atomic E-state index is 0.107. The molecule has 0 aliphatic heterocycles. The highest BCUT2D eigenvalue weighted by atomic mass is 79.9. The second-order valence-corrected chi connectivity index (χ2v) is 7.78. The summed E-state index contributed by atoms with van der Waals surface area (Å²) in [7, 11) is 0. The summed E-state index contributed by atoms with van der Waals surface area (Å²) < 4.78 is 19.3. The third kappa shape index (κ3) is 7.30. The van der Waals surface area contributed by atoms with Crippen molar-refractivity contribution in [2.75, 3.05) is 11.9 Å². The average Bonchev–Trinajstić information content (AvgIpc) is 2.82. The van der Waals surface area contributed by atoms with Crippen LogP contribution in [-0.2, 0) is 16.1 Å². The summed E-state index contributed by atoms with van der Waals surface area (Å²) in [5.41, 5.74) is 1.68. The number of amides is 2. The molecule has 33 heavy (non-hydrogen) atoms. The van der Waals surface area contributed by atoms with Gasteiger partial charge in [0, 0.05) is 22.3 Å². The fourth-order valence-corrected chi connectivity index (χ4v) is 3.19. The van der Waals surface area contributed by atoms with E-state index in [2.05, 4.69) is 26.6 Å². The number of hydrogen-bond acceptors (Lipinski definition) is 4. The molecule has 3 aromatic rings. The van der Waals surface area contributed by atoms with Gasteiger partial charge in [0.2, 0.25) is 0 Å². The highest BCUT2D eigenvalue weighted by Gasteiger charge is 2.12. The molecule has 8 heteroatoms. The van der Waals surface area contributed by atoms with E-state index in [0.717, 1.165) is 5.56 Å². The minimum Gasteiger partial charge on any atom is -0.483 e. The summed E-state index contributed by atoms with van der Waals surface area (Å²) in [6.07, 6.45) is 1.40. The van der Waals surface area contributed by atoms with E-state index in [1.165, 1.54) is 30.3 Å². The lowest BCUT2D eigenvalue weighted by Gasteiger charge is -2.11. The Labute approximate surface area is 198 Å². The molecule has 0 aliphatic rings. The van der Waals surface area contributed by atoms with Crippen LogP contribution < -0.4 is 15.4 Å². The maximum Gasteiger partial charge on any atom is 0.262 e. The average molecular weight is 508 g/mol. The molecular weight excluding hydrogens is 489 g/mol. The van der Waals surface area contributed by atoms with E-state index in [0.29, 0.717) is 21.5 Å². The lowest BCUT2D eigenvalue weighted by Crippen LogP contribution is -2.24. The van der Waals surface area contributed by atoms with Crippen molar-refractivity contribution in [1.82, 2.24) is 5.32 Å². The molecule has 166 valence electrons. The first-order valence-electron chi connectivity index (χ1n) is 9.86. The van der Waals surface area contributed by atoms with Crippen LogP contribution in [0.3, 0.4) is 0 Å². The Balaban J connectivity index is 1.68. The molecule has 0 saturated carbocycles. The SMILES string of the molecule is N#C/C(=C\c1cc(Br)ccc1OCC(=O)Nc1ccc(F)cc1)C(=O)NCc1ccccc1. The predicted octanol–water partition coefficient (Wildman–Crippen LogP) is 4.83. The van der Waals surface area contributed by atoms with Gasteiger partial charge in [-0.1, -0.05) is 46.3 Å². The quantitative estimate of drug-likeness (QED) is 0.337. The molecule has 0 radical (unpaired) electrons. The van der Waals surface area contributed by atoms with Gasteiger partial charge in [-0.2, -0.15) is 5.26 Å². The van der Waals surface area contributed by atoms with Gasteiger partial charge in [0.15, 0.2) is 6.61 Å². The number of halogens is 2. The molecule has 0 unspecified atom stereocenters. The van der Waals surface area contributed by atoms with Crippen LogP contribution in [0.25, 0.3) is 6.08 Å². The van der Waals surface area contributed by atoms with Gasteiger partial charge in [0.25, 0.3) is 11.8 Å². The number of carbonyl (C=O) groups excluding carboxylic acids is 2. The van der Waals surface area contributed by atoms with Gasteiger partial charge in [0.05, 0.1) is 0 Å². The van der Waals surface area contributed by atoms with Crippen molar-refractivity contribution in [2.24, 2.45) is 0 Å². The van der Waals surface area contributed by atoms with Crippen LogP contribution in [0.4, 0.5) is 10.1 Å². The smallest absolute Gasteiger partial charge is 0.262 e. The molecule has 0 aromatic heterocycles. The third-order valence-electron chi connectivity index (χ3n) is 4.42. The number of carbonyl (C=O) groups is 2. The summed E-state index contributed by atoms with van der Waals surface area (Å²) >= 11 is 3.36. The summed E-state index contributed by atoms with van der Waals surface area (Å²) in [6.45, 7) is -0.0357. The van der Waals surface area contributed by atoms with Crippen molar-refractivity contribution in [1.29, 1.82) is 5.26 Å². The molecule has 3 aromatic carbocycles. The van der Waals surface area contributed by atoms with Crippen molar-refractivity contribution < 1.29 is 18.7 Å². The standard InChI is InChI=1S/C25H19BrFN3O3/c26-20-6-11-23(33-16-24(31)30-22-9-7-21(27)8-10-22)18(13-20)12-19(14-28)25(32)29-15-17-4-2-1-3-5-17/h1-13H,15-16H2,(H,29,32)(H,30,31)/b19-12+. The first-order chi connectivity index (χ1) is 15.9. The zero-order valence-electron chi connectivity index (χ0n) is 17.3. The number of ether oxygens (including phenoxy) is 1. The Morgan fingerprint density at radius 2 is 1.79 bits per heavy atom. The van der Waals surface area contributed by atoms with E-state index in [9.17, 15) is 19.2 Å². The first-order valence-corrected chi connectivity index (χ1v) is 10.7. The van der Waals surface area contributed by atoms with Crippen molar-refractivity contribution >= 4 is 39.5 Å². The number of hydrogen-bond donors (Lipinski definition) is 2. The maximum atomic E-state index is 13.0. The van der Waals surface area contributed by atoms with E-state index in [4.69, 9.17) is 4.74 Å². The van der Waals surface area contributed by atoms with Gasteiger partial charge in [-0.25, -0.2) is 4.39 Å². The molecule has 2 N–H and O–H groups in total. The van der Waals surface area contributed by atoms with E-state index < -0.39 is 17.6 Å². The van der Waals surface area contributed by atoms with E-state index >= 15 is 0 Å². The zero-order valence-corrected chi connectivity index (χ0v) is 18.9. The highest BCUT2D eigenvalue weighted by Crippen LogP contribution is 2.26. The number of rotatable bonds is 8. The Bertz CT molecular complexity index is 1210. The van der Waals surface area contributed by atoms with Crippen LogP contribution in [-0.4, -0.2) is 18.4 Å². The third-order valence-corrected chi connectivity index (χ3v) is 4.91. The van der Waals surface area contributed by atoms with Gasteiger partial charge in [-0.3, -0.25) is 9.59 Å². The van der Waals surface area contributed by atoms with Gasteiger partial charge in [-0.05, 0) is 54.1 Å². The molecule has 0 saturated heterocycles. The molecule has 0 aliphatic carbocycles. The Morgan fingerprint density at radius 3 is 2.48 bits per heavy atom. The number of benzene rings is 3. The molecule has 6 nitrogen and oxygen atoms in total. The van der Waals surface area contributed by atoms with Crippen molar-refractivity contribution in [3.63, 3.8) is 0 Å². The van der Waals surface area contributed by atoms with E-state index in [-0.39, 0.29) is 18.7 Å². The highest BCUT2D eigenvalue weighted by molar-refractivity contribution is 9.10. The normalized spacial score (nSPS) is 10.8. The number of anilines is 1. The molecule has 0 atom stereocenters. The molecule has 0 bridgehead atoms. The number of nitrogens with zero attached hydrogens (tertiary/aromatic N) is 1. The minimum atomic E-state index is -0.527. The van der Waals surface area contributed by atoms with Crippen molar-refractivity contribution in [2.45, 2.75) is 6.54 Å². The summed E-state index contributed by atoms with van der Waals surface area (Å²) in [6, 6.07) is 21.6. The van der Waals surface area contributed by atoms with Crippen LogP contribution in [0.5, 0.6) is 5.75 Å². The second kappa shape index (κ2) is 11.6. The number of nitriles is 1. The predicted molar refractivity (Wildman–Crippen MR) is 127 cm³/mol. The maximum absolute atomic E-state index is 13.0. The molecule has 2 amide bonds. The fourth-order valence-electron chi connectivity index (χ4n) is 2.81. The number of nitrogens with one attached hydrogen (secondary N) is 2. The van der Waals surface area contributed by atoms with Crippen molar-refractivity contribution in [3.05, 3.63) is 99.8 Å². The van der Waals surface area contributed by atoms with Crippen LogP contribution >= 0.6 is 15.9 Å². The molecule has 0 heterocycles. The largest absolute Gasteiger partial charge is 0.483 e. The summed E-state index contributed by atoms with van der Waals surface area (Å²) in [5, 5.41) is 14.8. The summed E-state index contributed by atoms with van der Waals surface area (Å²) in [5.74, 6) is -1.06. The molecular formula is C25H19BrFN3O3. The Hall–Kier alpha value is -3.96. The molecule has 3 rings (SSSR count). The van der Waals surface area contributed by atoms with Crippen LogP contribution in [0.15, 0.2) is 82.8 Å².